The number of rotatable bonds is 9. The number of piperazine rings is 1. The van der Waals surface area contributed by atoms with Crippen molar-refractivity contribution < 1.29 is 9.30 Å². The molecule has 3 N–H and O–H groups in total. The zero-order chi connectivity index (χ0) is 31.6. The van der Waals surface area contributed by atoms with Gasteiger partial charge in [-0.2, -0.15) is 4.98 Å². The minimum Gasteiger partial charge on any atom is -0.494 e. The molecule has 2 aliphatic rings. The number of anilines is 5. The number of ether oxygens (including phenoxy) is 1. The van der Waals surface area contributed by atoms with Crippen molar-refractivity contribution in [3.63, 3.8) is 0 Å². The molecule has 2 fully saturated rings. The van der Waals surface area contributed by atoms with E-state index in [9.17, 15) is 4.57 Å². The van der Waals surface area contributed by atoms with Crippen LogP contribution in [0.4, 0.5) is 28.8 Å². The fourth-order valence-electron chi connectivity index (χ4n) is 6.56. The molecule has 238 valence electrons. The van der Waals surface area contributed by atoms with E-state index >= 15 is 0 Å². The van der Waals surface area contributed by atoms with Gasteiger partial charge in [0.1, 0.15) is 18.7 Å². The molecule has 2 aliphatic heterocycles. The van der Waals surface area contributed by atoms with Crippen molar-refractivity contribution in [1.29, 1.82) is 0 Å². The monoisotopic (exact) mass is 692 g/mol. The van der Waals surface area contributed by atoms with Crippen LogP contribution in [0.5, 0.6) is 5.75 Å². The van der Waals surface area contributed by atoms with E-state index in [-0.39, 0.29) is 0 Å². The van der Waals surface area contributed by atoms with Gasteiger partial charge in [-0.3, -0.25) is 9.88 Å². The van der Waals surface area contributed by atoms with Gasteiger partial charge in [0, 0.05) is 80.1 Å². The normalized spacial score (nSPS) is 16.6. The lowest BCUT2D eigenvalue weighted by Gasteiger charge is -2.41. The summed E-state index contributed by atoms with van der Waals surface area (Å²) < 4.78 is 20.0. The lowest BCUT2D eigenvalue weighted by molar-refractivity contribution is 0.150. The number of methoxy groups -OCH3 is 1. The highest BCUT2D eigenvalue weighted by molar-refractivity contribution is 9.10. The molecule has 0 aliphatic carbocycles. The zero-order valence-corrected chi connectivity index (χ0v) is 28.9. The second-order valence-electron chi connectivity index (χ2n) is 12.1. The van der Waals surface area contributed by atoms with Gasteiger partial charge in [0.2, 0.25) is 5.95 Å². The topological polar surface area (TPSA) is 108 Å². The van der Waals surface area contributed by atoms with Crippen LogP contribution in [0.2, 0.25) is 0 Å². The average molecular weight is 694 g/mol. The molecular weight excluding hydrogens is 651 g/mol. The van der Waals surface area contributed by atoms with Crippen LogP contribution >= 0.6 is 23.1 Å². The van der Waals surface area contributed by atoms with Crippen molar-refractivity contribution in [2.24, 2.45) is 0 Å². The number of aryl methyl sites for hydroxylation is 1. The van der Waals surface area contributed by atoms with E-state index in [1.807, 2.05) is 24.3 Å². The van der Waals surface area contributed by atoms with Crippen molar-refractivity contribution in [2.45, 2.75) is 32.2 Å². The van der Waals surface area contributed by atoms with E-state index < -0.39 is 7.14 Å². The maximum atomic E-state index is 13.4. The molecule has 45 heavy (non-hydrogen) atoms. The summed E-state index contributed by atoms with van der Waals surface area (Å²) in [6.45, 7) is 12.3. The zero-order valence-electron chi connectivity index (χ0n) is 26.4. The van der Waals surface area contributed by atoms with Crippen LogP contribution in [0, 0.1) is 0 Å². The Morgan fingerprint density at radius 3 is 2.53 bits per heavy atom. The number of halogens is 1. The summed E-state index contributed by atoms with van der Waals surface area (Å²) in [5.41, 5.74) is 4.83. The number of nitrogens with zero attached hydrogens (tertiary/aromatic N) is 5. The van der Waals surface area contributed by atoms with Gasteiger partial charge in [-0.25, -0.2) is 4.98 Å². The lowest BCUT2D eigenvalue weighted by Crippen LogP contribution is -2.52. The molecule has 2 saturated heterocycles. The number of benzene rings is 2. The van der Waals surface area contributed by atoms with Gasteiger partial charge < -0.3 is 30.2 Å². The van der Waals surface area contributed by atoms with E-state index in [1.54, 1.807) is 32.8 Å². The summed E-state index contributed by atoms with van der Waals surface area (Å²) in [7, 11) is -0.969. The number of piperidine rings is 1. The number of pyridine rings is 1. The highest BCUT2D eigenvalue weighted by Gasteiger charge is 2.27. The quantitative estimate of drug-likeness (QED) is 0.182. The molecule has 0 amide bonds. The molecule has 2 aromatic carbocycles. The first kappa shape index (κ1) is 31.7. The largest absolute Gasteiger partial charge is 0.494 e. The van der Waals surface area contributed by atoms with Gasteiger partial charge in [0.05, 0.1) is 28.5 Å². The highest BCUT2D eigenvalue weighted by Crippen LogP contribution is 2.42. The van der Waals surface area contributed by atoms with Crippen molar-refractivity contribution in [2.75, 3.05) is 75.2 Å². The van der Waals surface area contributed by atoms with Crippen molar-refractivity contribution in [1.82, 2.24) is 25.2 Å². The Morgan fingerprint density at radius 1 is 1.04 bits per heavy atom. The van der Waals surface area contributed by atoms with Crippen LogP contribution in [-0.4, -0.2) is 85.6 Å². The fraction of sp³-hybridized carbons (Fsp3) is 0.424. The Kier molecular flexibility index (Phi) is 9.61. The summed E-state index contributed by atoms with van der Waals surface area (Å²) in [5, 5.41) is 11.9. The second-order valence-corrected chi connectivity index (χ2v) is 16.1. The van der Waals surface area contributed by atoms with Gasteiger partial charge >= 0.3 is 0 Å². The first-order valence-electron chi connectivity index (χ1n) is 15.7. The molecule has 0 radical (unpaired) electrons. The lowest BCUT2D eigenvalue weighted by atomic mass is 9.99. The van der Waals surface area contributed by atoms with E-state index in [0.717, 1.165) is 79.0 Å². The van der Waals surface area contributed by atoms with Gasteiger partial charge in [-0.05, 0) is 78.4 Å². The highest BCUT2D eigenvalue weighted by atomic mass is 79.9. The molecule has 0 saturated carbocycles. The van der Waals surface area contributed by atoms with E-state index in [4.69, 9.17) is 9.72 Å². The first-order chi connectivity index (χ1) is 21.7. The van der Waals surface area contributed by atoms with Crippen LogP contribution in [0.25, 0.3) is 10.9 Å². The molecular formula is C33H42BrN8O2P. The minimum atomic E-state index is -2.67. The molecule has 0 unspecified atom stereocenters. The Labute approximate surface area is 273 Å². The SMILES string of the molecule is CCc1cc(Nc2ncc(Br)c(Nc3ccc4ncccc4c3P(C)(C)=O)n2)c(OC)cc1N1CCC(N2CCNCC2)CC1. The number of fused-ring (bicyclic) bond motifs is 1. The molecule has 6 rings (SSSR count). The average Bonchev–Trinajstić information content (AvgIpc) is 3.06. The third-order valence-electron chi connectivity index (χ3n) is 8.79. The molecule has 0 spiro atoms. The summed E-state index contributed by atoms with van der Waals surface area (Å²) in [5.74, 6) is 1.73. The van der Waals surface area contributed by atoms with Crippen LogP contribution in [-0.2, 0) is 11.0 Å². The maximum absolute atomic E-state index is 13.4. The molecule has 2 aromatic heterocycles. The van der Waals surface area contributed by atoms with E-state index in [1.165, 1.54) is 24.1 Å². The Balaban J connectivity index is 1.24. The van der Waals surface area contributed by atoms with Gasteiger partial charge in [-0.1, -0.05) is 13.0 Å². The van der Waals surface area contributed by atoms with Crippen molar-refractivity contribution in [3.8, 4) is 5.75 Å². The number of hydrogen-bond acceptors (Lipinski definition) is 10. The van der Waals surface area contributed by atoms with Crippen LogP contribution in [0.15, 0.2) is 53.3 Å². The van der Waals surface area contributed by atoms with Gasteiger partial charge in [0.15, 0.2) is 0 Å². The Morgan fingerprint density at radius 2 is 1.82 bits per heavy atom. The third kappa shape index (κ3) is 6.97. The minimum absolute atomic E-state index is 0.422. The van der Waals surface area contributed by atoms with E-state index in [2.05, 4.69) is 70.7 Å². The summed E-state index contributed by atoms with van der Waals surface area (Å²) in [6, 6.07) is 12.6. The molecule has 10 nitrogen and oxygen atoms in total. The van der Waals surface area contributed by atoms with E-state index in [0.29, 0.717) is 22.3 Å². The molecule has 12 heteroatoms. The second kappa shape index (κ2) is 13.6. The molecule has 0 atom stereocenters. The van der Waals surface area contributed by atoms with Crippen LogP contribution in [0.1, 0.15) is 25.3 Å². The Hall–Kier alpha value is -3.24. The van der Waals surface area contributed by atoms with Crippen molar-refractivity contribution in [3.05, 3.63) is 58.8 Å². The van der Waals surface area contributed by atoms with Gasteiger partial charge in [-0.15, -0.1) is 0 Å². The number of hydrogen-bond donors (Lipinski definition) is 3. The number of aromatic nitrogens is 3. The van der Waals surface area contributed by atoms with Crippen LogP contribution < -0.4 is 30.9 Å². The molecule has 4 aromatic rings. The number of nitrogens with one attached hydrogen (secondary N) is 3. The predicted molar refractivity (Wildman–Crippen MR) is 189 cm³/mol. The molecule has 4 heterocycles. The van der Waals surface area contributed by atoms with Gasteiger partial charge in [0.25, 0.3) is 0 Å². The Bertz CT molecular complexity index is 1720. The summed E-state index contributed by atoms with van der Waals surface area (Å²) >= 11 is 3.60. The first-order valence-corrected chi connectivity index (χ1v) is 19.0. The predicted octanol–water partition coefficient (Wildman–Crippen LogP) is 5.97. The summed E-state index contributed by atoms with van der Waals surface area (Å²) in [6.07, 6.45) is 6.70. The fourth-order valence-corrected chi connectivity index (χ4v) is 8.33. The smallest absolute Gasteiger partial charge is 0.229 e. The van der Waals surface area contributed by atoms with Crippen molar-refractivity contribution >= 4 is 68.1 Å². The molecule has 0 bridgehead atoms. The van der Waals surface area contributed by atoms with Crippen LogP contribution in [0.3, 0.4) is 0 Å². The summed E-state index contributed by atoms with van der Waals surface area (Å²) in [4.78, 5) is 19.0. The standard InChI is InChI=1S/C33H42BrN8O2P/c1-5-22-19-28(30(44-2)20-29(22)42-15-10-23(11-16-42)41-17-13-35-14-18-41)39-33-37-21-25(34)32(40-33)38-27-9-8-26-24(7-6-12-36-26)31(27)45(3,4)43/h6-9,12,19-21,23,35H,5,10-11,13-18H2,1-4H3,(H2,37,38,39,40). The third-order valence-corrected chi connectivity index (χ3v) is 10.9. The maximum Gasteiger partial charge on any atom is 0.229 e.